The summed E-state index contributed by atoms with van der Waals surface area (Å²) >= 11 is 0. The van der Waals surface area contributed by atoms with Crippen LogP contribution in [0.2, 0.25) is 0 Å². The van der Waals surface area contributed by atoms with Gasteiger partial charge in [0.1, 0.15) is 0 Å². The second-order valence-electron chi connectivity index (χ2n) is 1.97. The van der Waals surface area contributed by atoms with Crippen molar-refractivity contribution in [3.63, 3.8) is 0 Å². The van der Waals surface area contributed by atoms with Gasteiger partial charge in [0, 0.05) is 13.2 Å². The Kier molecular flexibility index (Phi) is 5.38. The molecule has 2 heteroatoms. The third kappa shape index (κ3) is 3.17. The monoisotopic (exact) mass is 226 g/mol. The van der Waals surface area contributed by atoms with Crippen LogP contribution in [0.1, 0.15) is 16.2 Å². The van der Waals surface area contributed by atoms with E-state index < -0.39 is 0 Å². The van der Waals surface area contributed by atoms with E-state index in [1.165, 1.54) is 6.42 Å². The molecule has 40 valence electrons. The van der Waals surface area contributed by atoms with E-state index in [0.717, 1.165) is 19.1 Å². The van der Waals surface area contributed by atoms with E-state index in [1.54, 1.807) is 0 Å². The van der Waals surface area contributed by atoms with Crippen molar-refractivity contribution >= 4 is 48.9 Å². The molecule has 1 nitrogen and oxygen atoms in total. The fourth-order valence-electron chi connectivity index (χ4n) is 0.652. The normalized spacial score (nSPS) is 29.6. The van der Waals surface area contributed by atoms with Crippen LogP contribution in [0.5, 0.6) is 0 Å². The Morgan fingerprint density at radius 2 is 2.43 bits per heavy atom. The standard InChI is InChI=1S/C5H10O.Ba.2H/c1-5-2-3-6-4-5;;;/h5H,2-4H2,1H3;;;/q;+2;2*-1. The molecule has 0 bridgehead atoms. The SMILES string of the molecule is CC1CCOC1.[Ba+2].[H-].[H-]. The first kappa shape index (κ1) is 8.53. The van der Waals surface area contributed by atoms with Crippen LogP contribution in [-0.2, 0) is 4.74 Å². The minimum absolute atomic E-state index is 0. The molecular formula is C5H12BaO. The zero-order valence-electron chi connectivity index (χ0n) is 6.81. The van der Waals surface area contributed by atoms with Crippen LogP contribution >= 0.6 is 0 Å². The first-order valence-electron chi connectivity index (χ1n) is 2.47. The van der Waals surface area contributed by atoms with Crippen LogP contribution in [0, 0.1) is 5.92 Å². The molecule has 0 radical (unpaired) electrons. The van der Waals surface area contributed by atoms with E-state index in [4.69, 9.17) is 4.74 Å². The van der Waals surface area contributed by atoms with Crippen LogP contribution in [-0.4, -0.2) is 62.1 Å². The van der Waals surface area contributed by atoms with Crippen molar-refractivity contribution in [2.45, 2.75) is 13.3 Å². The maximum Gasteiger partial charge on any atom is 2.00 e. The molecule has 1 saturated heterocycles. The molecule has 1 fully saturated rings. The largest absolute Gasteiger partial charge is 2.00 e. The molecule has 0 aromatic rings. The number of ether oxygens (including phenoxy) is 1. The van der Waals surface area contributed by atoms with Gasteiger partial charge in [0.25, 0.3) is 0 Å². The van der Waals surface area contributed by atoms with Crippen LogP contribution in [0.4, 0.5) is 0 Å². The second-order valence-corrected chi connectivity index (χ2v) is 1.97. The summed E-state index contributed by atoms with van der Waals surface area (Å²) in [5.41, 5.74) is 0. The molecule has 1 aliphatic heterocycles. The van der Waals surface area contributed by atoms with Gasteiger partial charge in [0.05, 0.1) is 0 Å². The average molecular weight is 225 g/mol. The van der Waals surface area contributed by atoms with Gasteiger partial charge in [0.2, 0.25) is 0 Å². The van der Waals surface area contributed by atoms with E-state index >= 15 is 0 Å². The second kappa shape index (κ2) is 4.41. The molecule has 0 aliphatic carbocycles. The number of hydrogen-bond acceptors (Lipinski definition) is 1. The zero-order chi connectivity index (χ0) is 4.41. The summed E-state index contributed by atoms with van der Waals surface area (Å²) in [5.74, 6) is 0.824. The van der Waals surface area contributed by atoms with E-state index in [2.05, 4.69) is 6.92 Å². The fraction of sp³-hybridized carbons (Fsp3) is 1.00. The van der Waals surface area contributed by atoms with E-state index in [1.807, 2.05) is 0 Å². The maximum atomic E-state index is 5.06. The van der Waals surface area contributed by atoms with Gasteiger partial charge < -0.3 is 7.59 Å². The zero-order valence-corrected chi connectivity index (χ0v) is 9.25. The van der Waals surface area contributed by atoms with Crippen molar-refractivity contribution in [2.24, 2.45) is 5.92 Å². The Morgan fingerprint density at radius 1 is 1.71 bits per heavy atom. The van der Waals surface area contributed by atoms with Crippen LogP contribution in [0.15, 0.2) is 0 Å². The molecule has 0 saturated carbocycles. The van der Waals surface area contributed by atoms with Crippen molar-refractivity contribution in [3.8, 4) is 0 Å². The summed E-state index contributed by atoms with van der Waals surface area (Å²) < 4.78 is 5.06. The van der Waals surface area contributed by atoms with Crippen molar-refractivity contribution in [1.29, 1.82) is 0 Å². The molecule has 1 unspecified atom stereocenters. The summed E-state index contributed by atoms with van der Waals surface area (Å²) in [6.07, 6.45) is 1.26. The van der Waals surface area contributed by atoms with E-state index in [9.17, 15) is 0 Å². The summed E-state index contributed by atoms with van der Waals surface area (Å²) in [6, 6.07) is 0. The summed E-state index contributed by atoms with van der Waals surface area (Å²) in [7, 11) is 0. The Balaban J connectivity index is -0.000000120. The molecule has 0 aromatic carbocycles. The Hall–Kier alpha value is 1.53. The topological polar surface area (TPSA) is 9.23 Å². The fourth-order valence-corrected chi connectivity index (χ4v) is 0.652. The maximum absolute atomic E-state index is 5.06. The predicted octanol–water partition coefficient (Wildman–Crippen LogP) is 0.887. The molecule has 0 amide bonds. The Morgan fingerprint density at radius 3 is 2.57 bits per heavy atom. The number of rotatable bonds is 0. The molecule has 0 N–H and O–H groups in total. The van der Waals surface area contributed by atoms with Gasteiger partial charge in [-0.05, 0) is 12.3 Å². The first-order valence-corrected chi connectivity index (χ1v) is 2.47. The Bertz CT molecular complexity index is 48.2. The molecule has 7 heavy (non-hydrogen) atoms. The molecule has 0 aromatic heterocycles. The minimum atomic E-state index is 0. The Labute approximate surface area is 87.9 Å². The average Bonchev–Trinajstić information content (AvgIpc) is 1.86. The van der Waals surface area contributed by atoms with Crippen molar-refractivity contribution in [3.05, 3.63) is 0 Å². The minimum Gasteiger partial charge on any atom is -1.00 e. The molecule has 1 atom stereocenters. The van der Waals surface area contributed by atoms with Gasteiger partial charge >= 0.3 is 48.9 Å². The van der Waals surface area contributed by atoms with Gasteiger partial charge in [-0.1, -0.05) is 6.92 Å². The van der Waals surface area contributed by atoms with Crippen molar-refractivity contribution in [2.75, 3.05) is 13.2 Å². The van der Waals surface area contributed by atoms with Crippen molar-refractivity contribution < 1.29 is 7.59 Å². The quantitative estimate of drug-likeness (QED) is 0.556. The summed E-state index contributed by atoms with van der Waals surface area (Å²) in [6.45, 7) is 4.19. The molecular weight excluding hydrogens is 213 g/mol. The van der Waals surface area contributed by atoms with Gasteiger partial charge in [-0.15, -0.1) is 0 Å². The van der Waals surface area contributed by atoms with Crippen LogP contribution < -0.4 is 0 Å². The number of hydrogen-bond donors (Lipinski definition) is 0. The molecule has 1 aliphatic rings. The predicted molar refractivity (Wildman–Crippen MR) is 32.6 cm³/mol. The third-order valence-electron chi connectivity index (χ3n) is 1.16. The van der Waals surface area contributed by atoms with Gasteiger partial charge in [-0.25, -0.2) is 0 Å². The van der Waals surface area contributed by atoms with E-state index in [-0.39, 0.29) is 51.7 Å². The first-order chi connectivity index (χ1) is 2.89. The molecule has 1 heterocycles. The summed E-state index contributed by atoms with van der Waals surface area (Å²) in [5, 5.41) is 0. The molecule has 1 rings (SSSR count). The van der Waals surface area contributed by atoms with Crippen molar-refractivity contribution in [1.82, 2.24) is 0 Å². The molecule has 0 spiro atoms. The van der Waals surface area contributed by atoms with Gasteiger partial charge in [0.15, 0.2) is 0 Å². The smallest absolute Gasteiger partial charge is 1.00 e. The van der Waals surface area contributed by atoms with Gasteiger partial charge in [-0.3, -0.25) is 0 Å². The van der Waals surface area contributed by atoms with E-state index in [0.29, 0.717) is 0 Å². The van der Waals surface area contributed by atoms with Gasteiger partial charge in [-0.2, -0.15) is 0 Å². The third-order valence-corrected chi connectivity index (χ3v) is 1.16. The summed E-state index contributed by atoms with van der Waals surface area (Å²) in [4.78, 5) is 0. The van der Waals surface area contributed by atoms with Crippen LogP contribution in [0.25, 0.3) is 0 Å². The van der Waals surface area contributed by atoms with Crippen LogP contribution in [0.3, 0.4) is 0 Å².